The predicted octanol–water partition coefficient (Wildman–Crippen LogP) is 5.12. The van der Waals surface area contributed by atoms with Crippen LogP contribution in [0.15, 0.2) is 52.3 Å². The van der Waals surface area contributed by atoms with Gasteiger partial charge in [-0.2, -0.15) is 0 Å². The lowest BCUT2D eigenvalue weighted by Crippen LogP contribution is -2.30. The highest BCUT2D eigenvalue weighted by Crippen LogP contribution is 2.20. The maximum atomic E-state index is 13.8. The molecule has 0 fully saturated rings. The van der Waals surface area contributed by atoms with E-state index >= 15 is 0 Å². The molecule has 0 radical (unpaired) electrons. The van der Waals surface area contributed by atoms with Crippen molar-refractivity contribution in [1.82, 2.24) is 4.98 Å². The molecule has 0 aliphatic heterocycles. The number of esters is 1. The summed E-state index contributed by atoms with van der Waals surface area (Å²) in [5.41, 5.74) is 1.10. The molecule has 0 saturated heterocycles. The predicted molar refractivity (Wildman–Crippen MR) is 115 cm³/mol. The fourth-order valence-corrected chi connectivity index (χ4v) is 3.36. The van der Waals surface area contributed by atoms with Crippen LogP contribution in [0.5, 0.6) is 5.75 Å². The standard InChI is InChI=1S/C21H18BrFN2O4S/c1-12(20(26)25-19-8-5-15(22)9-18(19)23)29-21(27)14-3-6-17(7-4-14)28-10-16-11-30-13(2)24-16/h3-9,11-12H,10H2,1-2H3,(H,25,26). The Hall–Kier alpha value is -2.78. The summed E-state index contributed by atoms with van der Waals surface area (Å²) >= 11 is 4.69. The number of ether oxygens (including phenoxy) is 2. The van der Waals surface area contributed by atoms with E-state index < -0.39 is 23.8 Å². The number of nitrogens with zero attached hydrogens (tertiary/aromatic N) is 1. The molecule has 0 aliphatic rings. The van der Waals surface area contributed by atoms with Crippen LogP contribution >= 0.6 is 27.3 Å². The average Bonchev–Trinajstić information content (AvgIpc) is 3.14. The molecule has 30 heavy (non-hydrogen) atoms. The zero-order valence-electron chi connectivity index (χ0n) is 16.1. The first-order valence-electron chi connectivity index (χ1n) is 8.92. The van der Waals surface area contributed by atoms with Gasteiger partial charge in [0.25, 0.3) is 5.91 Å². The van der Waals surface area contributed by atoms with Crippen molar-refractivity contribution in [3.63, 3.8) is 0 Å². The van der Waals surface area contributed by atoms with Crippen LogP contribution in [0.1, 0.15) is 28.0 Å². The number of carbonyl (C=O) groups is 2. The zero-order chi connectivity index (χ0) is 21.7. The number of amides is 1. The number of halogens is 2. The summed E-state index contributed by atoms with van der Waals surface area (Å²) in [5, 5.41) is 5.29. The van der Waals surface area contributed by atoms with Gasteiger partial charge >= 0.3 is 5.97 Å². The van der Waals surface area contributed by atoms with Crippen molar-refractivity contribution >= 4 is 44.8 Å². The van der Waals surface area contributed by atoms with Gasteiger partial charge in [-0.15, -0.1) is 11.3 Å². The molecule has 1 unspecified atom stereocenters. The Morgan fingerprint density at radius 1 is 1.23 bits per heavy atom. The summed E-state index contributed by atoms with van der Waals surface area (Å²) in [4.78, 5) is 28.8. The summed E-state index contributed by atoms with van der Waals surface area (Å²) < 4.78 is 25.2. The molecule has 3 aromatic rings. The quantitative estimate of drug-likeness (QED) is 0.463. The van der Waals surface area contributed by atoms with E-state index in [-0.39, 0.29) is 11.3 Å². The van der Waals surface area contributed by atoms with Gasteiger partial charge in [0.15, 0.2) is 6.10 Å². The maximum Gasteiger partial charge on any atom is 0.338 e. The van der Waals surface area contributed by atoms with E-state index in [1.807, 2.05) is 12.3 Å². The molecular weight excluding hydrogens is 475 g/mol. The topological polar surface area (TPSA) is 77.5 Å². The first-order chi connectivity index (χ1) is 14.3. The van der Waals surface area contributed by atoms with Gasteiger partial charge in [0.2, 0.25) is 0 Å². The Balaban J connectivity index is 1.53. The summed E-state index contributed by atoms with van der Waals surface area (Å²) in [6.45, 7) is 3.67. The monoisotopic (exact) mass is 492 g/mol. The minimum absolute atomic E-state index is 0.00269. The second-order valence-electron chi connectivity index (χ2n) is 6.33. The lowest BCUT2D eigenvalue weighted by molar-refractivity contribution is -0.123. The van der Waals surface area contributed by atoms with Crippen molar-refractivity contribution < 1.29 is 23.5 Å². The van der Waals surface area contributed by atoms with Gasteiger partial charge in [-0.3, -0.25) is 4.79 Å². The molecule has 6 nitrogen and oxygen atoms in total. The summed E-state index contributed by atoms with van der Waals surface area (Å²) in [5.74, 6) is -1.33. The van der Waals surface area contributed by atoms with Crippen LogP contribution in [0.2, 0.25) is 0 Å². The van der Waals surface area contributed by atoms with E-state index in [4.69, 9.17) is 9.47 Å². The Kier molecular flexibility index (Phi) is 7.17. The van der Waals surface area contributed by atoms with E-state index in [1.54, 1.807) is 41.7 Å². The number of hydrogen-bond acceptors (Lipinski definition) is 6. The third-order valence-corrected chi connectivity index (χ3v) is 5.30. The smallest absolute Gasteiger partial charge is 0.338 e. The van der Waals surface area contributed by atoms with Crippen LogP contribution in [0.4, 0.5) is 10.1 Å². The van der Waals surface area contributed by atoms with Crippen molar-refractivity contribution in [2.75, 3.05) is 5.32 Å². The number of rotatable bonds is 7. The molecular formula is C21H18BrFN2O4S. The van der Waals surface area contributed by atoms with Crippen LogP contribution in [-0.4, -0.2) is 23.0 Å². The van der Waals surface area contributed by atoms with Gasteiger partial charge in [-0.05, 0) is 56.3 Å². The molecule has 1 N–H and O–H groups in total. The second kappa shape index (κ2) is 9.82. The van der Waals surface area contributed by atoms with Gasteiger partial charge in [-0.25, -0.2) is 14.2 Å². The van der Waals surface area contributed by atoms with E-state index in [2.05, 4.69) is 26.2 Å². The Morgan fingerprint density at radius 3 is 2.60 bits per heavy atom. The minimum Gasteiger partial charge on any atom is -0.487 e. The number of benzene rings is 2. The Labute approximate surface area is 185 Å². The number of carbonyl (C=O) groups excluding carboxylic acids is 2. The largest absolute Gasteiger partial charge is 0.487 e. The number of thiazole rings is 1. The normalized spacial score (nSPS) is 11.6. The van der Waals surface area contributed by atoms with Crippen molar-refractivity contribution in [1.29, 1.82) is 0 Å². The van der Waals surface area contributed by atoms with Crippen LogP contribution in [0.25, 0.3) is 0 Å². The lowest BCUT2D eigenvalue weighted by Gasteiger charge is -2.14. The molecule has 3 rings (SSSR count). The fourth-order valence-electron chi connectivity index (χ4n) is 2.43. The molecule has 1 aromatic heterocycles. The van der Waals surface area contributed by atoms with Gasteiger partial charge in [0, 0.05) is 9.85 Å². The van der Waals surface area contributed by atoms with Crippen LogP contribution in [0, 0.1) is 12.7 Å². The number of aromatic nitrogens is 1. The fraction of sp³-hybridized carbons (Fsp3) is 0.190. The molecule has 2 aromatic carbocycles. The van der Waals surface area contributed by atoms with E-state index in [0.29, 0.717) is 16.8 Å². The van der Waals surface area contributed by atoms with Gasteiger partial charge < -0.3 is 14.8 Å². The highest BCUT2D eigenvalue weighted by Gasteiger charge is 2.20. The molecule has 156 valence electrons. The summed E-state index contributed by atoms with van der Waals surface area (Å²) in [6.07, 6.45) is -1.11. The third-order valence-electron chi connectivity index (χ3n) is 3.99. The van der Waals surface area contributed by atoms with Gasteiger partial charge in [0.1, 0.15) is 18.2 Å². The lowest BCUT2D eigenvalue weighted by atomic mass is 10.2. The number of hydrogen-bond donors (Lipinski definition) is 1. The average molecular weight is 493 g/mol. The molecule has 0 bridgehead atoms. The third kappa shape index (κ3) is 5.87. The first kappa shape index (κ1) is 21.9. The summed E-state index contributed by atoms with van der Waals surface area (Å²) in [7, 11) is 0. The number of nitrogens with one attached hydrogen (secondary N) is 1. The first-order valence-corrected chi connectivity index (χ1v) is 10.6. The van der Waals surface area contributed by atoms with Crippen LogP contribution in [-0.2, 0) is 16.1 Å². The number of anilines is 1. The van der Waals surface area contributed by atoms with Crippen molar-refractivity contribution in [2.45, 2.75) is 26.6 Å². The summed E-state index contributed by atoms with van der Waals surface area (Å²) in [6, 6.07) is 10.6. The minimum atomic E-state index is -1.11. The van der Waals surface area contributed by atoms with Gasteiger partial charge in [0.05, 0.1) is 22.0 Å². The highest BCUT2D eigenvalue weighted by molar-refractivity contribution is 9.10. The molecule has 0 saturated carbocycles. The van der Waals surface area contributed by atoms with Crippen LogP contribution < -0.4 is 10.1 Å². The maximum absolute atomic E-state index is 13.8. The number of aryl methyl sites for hydroxylation is 1. The van der Waals surface area contributed by atoms with E-state index in [1.165, 1.54) is 19.1 Å². The van der Waals surface area contributed by atoms with Gasteiger partial charge in [-0.1, -0.05) is 15.9 Å². The molecule has 1 heterocycles. The molecule has 9 heteroatoms. The van der Waals surface area contributed by atoms with Crippen molar-refractivity contribution in [3.05, 3.63) is 74.4 Å². The highest BCUT2D eigenvalue weighted by atomic mass is 79.9. The second-order valence-corrected chi connectivity index (χ2v) is 8.31. The molecule has 0 aliphatic carbocycles. The Morgan fingerprint density at radius 2 is 1.97 bits per heavy atom. The van der Waals surface area contributed by atoms with E-state index in [9.17, 15) is 14.0 Å². The molecule has 1 amide bonds. The zero-order valence-corrected chi connectivity index (χ0v) is 18.6. The van der Waals surface area contributed by atoms with Crippen LogP contribution in [0.3, 0.4) is 0 Å². The molecule has 0 spiro atoms. The van der Waals surface area contributed by atoms with E-state index in [0.717, 1.165) is 10.7 Å². The molecule has 1 atom stereocenters. The van der Waals surface area contributed by atoms with Crippen molar-refractivity contribution in [3.8, 4) is 5.75 Å². The van der Waals surface area contributed by atoms with Crippen molar-refractivity contribution in [2.24, 2.45) is 0 Å². The Bertz CT molecular complexity index is 1060. The SMILES string of the molecule is Cc1nc(COc2ccc(C(=O)OC(C)C(=O)Nc3ccc(Br)cc3F)cc2)cs1.